The Hall–Kier alpha value is -1.69. The molecule has 0 aliphatic carbocycles. The Balaban J connectivity index is -0.0000000885. The third-order valence-corrected chi connectivity index (χ3v) is 17.5. The second kappa shape index (κ2) is 82.8. The van der Waals surface area contributed by atoms with Crippen LogP contribution in [-0.4, -0.2) is 40.1 Å². The second-order valence-corrected chi connectivity index (χ2v) is 39.7. The molecule has 6 heteroatoms. The lowest BCUT2D eigenvalue weighted by atomic mass is 9.90. The number of ketones is 5. The van der Waals surface area contributed by atoms with Crippen LogP contribution in [-0.2, 0) is 24.0 Å². The van der Waals surface area contributed by atoms with Crippen LogP contribution in [0.25, 0.3) is 0 Å². The first-order chi connectivity index (χ1) is 46.1. The highest BCUT2D eigenvalue weighted by atomic mass is 16.3. The quantitative estimate of drug-likeness (QED) is 0.0660. The van der Waals surface area contributed by atoms with Crippen molar-refractivity contribution in [1.29, 1.82) is 0 Å². The maximum atomic E-state index is 11.3. The molecule has 632 valence electrons. The van der Waals surface area contributed by atoms with Crippen molar-refractivity contribution in [2.75, 3.05) is 0 Å². The van der Waals surface area contributed by atoms with Crippen LogP contribution < -0.4 is 0 Å². The third-order valence-electron chi connectivity index (χ3n) is 17.5. The smallest absolute Gasteiger partial charge is 0.135 e. The molecule has 0 aromatic rings. The van der Waals surface area contributed by atoms with E-state index >= 15 is 0 Å². The topological polar surface area (TPSA) is 106 Å². The Bertz CT molecular complexity index is 1650. The van der Waals surface area contributed by atoms with Crippen LogP contribution in [0.4, 0.5) is 0 Å². The lowest BCUT2D eigenvalue weighted by Crippen LogP contribution is -2.14. The summed E-state index contributed by atoms with van der Waals surface area (Å²) < 4.78 is 0. The maximum absolute atomic E-state index is 11.3. The fraction of sp³-hybridized carbons (Fsp3) is 0.948. The van der Waals surface area contributed by atoms with Gasteiger partial charge in [-0.05, 0) is 163 Å². The van der Waals surface area contributed by atoms with E-state index in [1.807, 2.05) is 69.2 Å². The first kappa shape index (κ1) is 128. The summed E-state index contributed by atoms with van der Waals surface area (Å²) in [5, 5.41) is 9.39. The van der Waals surface area contributed by atoms with Crippen LogP contribution in [0.15, 0.2) is 0 Å². The van der Waals surface area contributed by atoms with E-state index < -0.39 is 0 Å². The van der Waals surface area contributed by atoms with Crippen molar-refractivity contribution < 1.29 is 29.1 Å². The minimum absolute atomic E-state index is 0. The number of carbonyl (C=O) groups is 5. The Morgan fingerprint density at radius 2 is 0.417 bits per heavy atom. The normalized spacial score (nSPS) is 12.1. The van der Waals surface area contributed by atoms with Gasteiger partial charge in [0.05, 0.1) is 6.10 Å². The molecule has 0 fully saturated rings. The summed E-state index contributed by atoms with van der Waals surface area (Å²) in [6, 6.07) is 0. The zero-order valence-corrected chi connectivity index (χ0v) is 79.7. The number of aliphatic hydroxyl groups excluding tert-OH is 1. The molecule has 0 bridgehead atoms. The molecule has 0 aliphatic rings. The number of rotatable bonds is 38. The highest BCUT2D eigenvalue weighted by molar-refractivity contribution is 5.81. The summed E-state index contributed by atoms with van der Waals surface area (Å²) in [4.78, 5) is 55.3. The lowest BCUT2D eigenvalue weighted by Gasteiger charge is -2.16. The van der Waals surface area contributed by atoms with Gasteiger partial charge in [-0.1, -0.05) is 371 Å². The summed E-state index contributed by atoms with van der Waals surface area (Å²) in [7, 11) is 0. The van der Waals surface area contributed by atoms with Crippen molar-refractivity contribution in [3.63, 3.8) is 0 Å². The molecule has 6 nitrogen and oxygen atoms in total. The van der Waals surface area contributed by atoms with Crippen molar-refractivity contribution in [3.05, 3.63) is 0 Å². The molecule has 103 heavy (non-hydrogen) atoms. The zero-order valence-electron chi connectivity index (χ0n) is 79.7. The Labute approximate surface area is 656 Å². The van der Waals surface area contributed by atoms with Gasteiger partial charge in [0, 0.05) is 61.7 Å². The molecule has 0 saturated carbocycles. The highest BCUT2D eigenvalue weighted by Crippen LogP contribution is 2.21. The number of hydrogen-bond donors (Lipinski definition) is 1. The van der Waals surface area contributed by atoms with Crippen molar-refractivity contribution in [2.24, 2.45) is 148 Å². The van der Waals surface area contributed by atoms with Gasteiger partial charge in [-0.3, -0.25) is 24.0 Å². The molecule has 0 saturated heterocycles. The van der Waals surface area contributed by atoms with Gasteiger partial charge in [0.1, 0.15) is 28.9 Å². The number of hydrogen-bond acceptors (Lipinski definition) is 6. The van der Waals surface area contributed by atoms with E-state index in [4.69, 9.17) is 0 Å². The molecule has 0 spiro atoms. The average Bonchev–Trinajstić information content (AvgIpc) is 1.04. The van der Waals surface area contributed by atoms with Crippen molar-refractivity contribution >= 4 is 28.9 Å². The predicted molar refractivity (Wildman–Crippen MR) is 475 cm³/mol. The lowest BCUT2D eigenvalue weighted by molar-refractivity contribution is -0.123. The average molecular weight is 1470 g/mol. The predicted octanol–water partition coefficient (Wildman–Crippen LogP) is 32.1. The first-order valence-electron chi connectivity index (χ1n) is 43.4. The SMILES string of the molecule is C.CC(C)C(=O)CC(C)C(C)C.CC(C)CC(=O)C(C)C.CC(C)CC(=O)C(C)C.CC(C)CC(C)C.CC(C)CC(C)C(C)C.CC(C)CC(C)C(C)C.CC(C)CC(O)CC(C)C.CC(C)CCC(=O)C(C)C.CC(C)CCC(C)C.CC(C)CCCC(=O)C(C)C.CC(C)CCCC(C)C. The fourth-order valence-corrected chi connectivity index (χ4v) is 9.52. The van der Waals surface area contributed by atoms with E-state index in [-0.39, 0.29) is 43.1 Å². The third kappa shape index (κ3) is 136. The molecule has 3 unspecified atom stereocenters. The van der Waals surface area contributed by atoms with E-state index in [9.17, 15) is 29.1 Å². The van der Waals surface area contributed by atoms with Gasteiger partial charge < -0.3 is 5.11 Å². The van der Waals surface area contributed by atoms with E-state index in [0.717, 1.165) is 135 Å². The number of carbonyl (C=O) groups excluding carboxylic acids is 5. The molecule has 0 aromatic heterocycles. The van der Waals surface area contributed by atoms with Crippen LogP contribution in [0.2, 0.25) is 0 Å². The van der Waals surface area contributed by atoms with Crippen molar-refractivity contribution in [3.8, 4) is 0 Å². The molecule has 0 aliphatic heterocycles. The standard InChI is InChI=1S/2C10H20O.C9H20O.C9H18O.3C9H20.2C8H16O.C8H18.C7H16.CH4/c1-7(2)9(5)6-10(11)8(3)4;1-8(2)6-5-7-10(11)9(3)4;1-7(2)5-9(10)6-8(3)4;1-7(2)5-6-9(10)8(3)4;2*1-7(2)6-9(5)8(3)4;1-8(2)6-5-7-9(3)4;2*1-6(2)5-8(9)7(3)4;1-7(2)5-6-8(3)4;1-6(2)5-7(3)4;/h7-9H,6H2,1-5H3;8-9H,5-7H2,1-4H3;7-10H,5-6H2,1-4H3;7-8H,5-6H2,1-4H3;2*7-9H,6H2,1-5H3;8-9H,5-7H2,1-4H3;2*6-7H,5H2,1-4H3;7-8H,5-6H2,1-4H3;6-7H,5H2,1-4H3;1H4. The molecule has 0 heterocycles. The highest BCUT2D eigenvalue weighted by Gasteiger charge is 2.16. The summed E-state index contributed by atoms with van der Waals surface area (Å²) in [6.07, 6.45) is 19.9. The molecule has 0 amide bonds. The van der Waals surface area contributed by atoms with Gasteiger partial charge in [0.15, 0.2) is 0 Å². The van der Waals surface area contributed by atoms with Gasteiger partial charge in [0.2, 0.25) is 0 Å². The Morgan fingerprint density at radius 3 is 0.583 bits per heavy atom. The van der Waals surface area contributed by atoms with Gasteiger partial charge in [0.25, 0.3) is 0 Å². The van der Waals surface area contributed by atoms with Gasteiger partial charge in [-0.25, -0.2) is 0 Å². The summed E-state index contributed by atoms with van der Waals surface area (Å²) in [5.41, 5.74) is 0. The van der Waals surface area contributed by atoms with E-state index in [2.05, 4.69) is 256 Å². The number of aliphatic hydroxyl groups is 1. The van der Waals surface area contributed by atoms with Gasteiger partial charge in [-0.2, -0.15) is 0 Å². The maximum Gasteiger partial charge on any atom is 0.135 e. The molecule has 1 N–H and O–H groups in total. The molecule has 3 atom stereocenters. The van der Waals surface area contributed by atoms with E-state index in [1.54, 1.807) is 0 Å². The first-order valence-corrected chi connectivity index (χ1v) is 43.4. The van der Waals surface area contributed by atoms with Crippen LogP contribution in [0, 0.1) is 148 Å². The van der Waals surface area contributed by atoms with Crippen LogP contribution in [0.5, 0.6) is 0 Å². The molecular formula is C97H208O6. The van der Waals surface area contributed by atoms with Crippen LogP contribution in [0.1, 0.15) is 448 Å². The molecule has 0 aromatic carbocycles. The monoisotopic (exact) mass is 1470 g/mol. The Morgan fingerprint density at radius 1 is 0.204 bits per heavy atom. The molecular weight excluding hydrogens is 1260 g/mol. The minimum Gasteiger partial charge on any atom is -0.393 e. The van der Waals surface area contributed by atoms with Crippen LogP contribution in [0.3, 0.4) is 0 Å². The zero-order chi connectivity index (χ0) is 83.6. The largest absolute Gasteiger partial charge is 0.393 e. The van der Waals surface area contributed by atoms with Crippen molar-refractivity contribution in [2.45, 2.75) is 455 Å². The molecule has 0 radical (unpaired) electrons. The van der Waals surface area contributed by atoms with E-state index in [0.29, 0.717) is 70.3 Å². The fourth-order valence-electron chi connectivity index (χ4n) is 9.52. The summed E-state index contributed by atoms with van der Waals surface area (Å²) in [6.45, 7) is 102. The second-order valence-electron chi connectivity index (χ2n) is 39.7. The van der Waals surface area contributed by atoms with Gasteiger partial charge in [-0.15, -0.1) is 0 Å². The Kier molecular flexibility index (Phi) is 103. The minimum atomic E-state index is -0.0833. The van der Waals surface area contributed by atoms with Crippen molar-refractivity contribution in [1.82, 2.24) is 0 Å². The molecule has 0 rings (SSSR count). The summed E-state index contributed by atoms with van der Waals surface area (Å²) >= 11 is 0. The summed E-state index contributed by atoms with van der Waals surface area (Å²) in [5.74, 6) is 18.4. The number of Topliss-reactive ketones (excluding diaryl/α,β-unsaturated/α-hetero) is 5. The van der Waals surface area contributed by atoms with E-state index in [1.165, 1.54) is 57.8 Å². The van der Waals surface area contributed by atoms with Gasteiger partial charge >= 0.3 is 0 Å². The van der Waals surface area contributed by atoms with Crippen LogP contribution >= 0.6 is 0 Å².